The Morgan fingerprint density at radius 1 is 0.962 bits per heavy atom. The topological polar surface area (TPSA) is 51.0 Å². The van der Waals surface area contributed by atoms with Gasteiger partial charge in [0.25, 0.3) is 0 Å². The summed E-state index contributed by atoms with van der Waals surface area (Å²) in [5, 5.41) is 0. The number of piperazine rings is 1. The molecule has 26 heavy (non-hydrogen) atoms. The van der Waals surface area contributed by atoms with Crippen molar-refractivity contribution in [2.75, 3.05) is 51.3 Å². The van der Waals surface area contributed by atoms with Crippen molar-refractivity contribution in [3.8, 4) is 11.5 Å². The molecule has 1 heterocycles. The van der Waals surface area contributed by atoms with Crippen LogP contribution in [0.1, 0.15) is 12.0 Å². The Bertz CT molecular complexity index is 667. The molecular weight excluding hydrogens is 326 g/mol. The highest BCUT2D eigenvalue weighted by Crippen LogP contribution is 2.29. The Hall–Kier alpha value is -2.24. The molecule has 0 saturated carbocycles. The fourth-order valence-electron chi connectivity index (χ4n) is 3.25. The van der Waals surface area contributed by atoms with Crippen molar-refractivity contribution in [3.05, 3.63) is 54.1 Å². The van der Waals surface area contributed by atoms with Gasteiger partial charge in [0, 0.05) is 26.2 Å². The van der Waals surface area contributed by atoms with Crippen LogP contribution < -0.4 is 20.1 Å². The SMILES string of the molecule is COc1ccc(COc2ccccc2N2CCN(CCCN)CC2)cc1. The van der Waals surface area contributed by atoms with Crippen LogP contribution in [0.15, 0.2) is 48.5 Å². The van der Waals surface area contributed by atoms with E-state index in [1.165, 1.54) is 5.69 Å². The smallest absolute Gasteiger partial charge is 0.143 e. The van der Waals surface area contributed by atoms with Gasteiger partial charge < -0.3 is 20.1 Å². The average Bonchev–Trinajstić information content (AvgIpc) is 2.72. The second-order valence-corrected chi connectivity index (χ2v) is 6.58. The molecule has 0 spiro atoms. The molecule has 1 fully saturated rings. The van der Waals surface area contributed by atoms with Crippen LogP contribution in [0.25, 0.3) is 0 Å². The van der Waals surface area contributed by atoms with Crippen LogP contribution in [-0.2, 0) is 6.61 Å². The van der Waals surface area contributed by atoms with Gasteiger partial charge in [0.2, 0.25) is 0 Å². The molecular formula is C21H29N3O2. The predicted octanol–water partition coefficient (Wildman–Crippen LogP) is 2.75. The largest absolute Gasteiger partial charge is 0.497 e. The summed E-state index contributed by atoms with van der Waals surface area (Å²) in [7, 11) is 1.68. The van der Waals surface area contributed by atoms with Gasteiger partial charge in [-0.2, -0.15) is 0 Å². The van der Waals surface area contributed by atoms with E-state index in [9.17, 15) is 0 Å². The zero-order valence-electron chi connectivity index (χ0n) is 15.6. The molecule has 0 aromatic heterocycles. The van der Waals surface area contributed by atoms with Gasteiger partial charge in [0.15, 0.2) is 0 Å². The molecule has 5 heteroatoms. The van der Waals surface area contributed by atoms with E-state index in [4.69, 9.17) is 15.2 Å². The number of benzene rings is 2. The Balaban J connectivity index is 1.59. The number of hydrogen-bond donors (Lipinski definition) is 1. The van der Waals surface area contributed by atoms with E-state index >= 15 is 0 Å². The molecule has 0 unspecified atom stereocenters. The Kier molecular flexibility index (Phi) is 6.75. The van der Waals surface area contributed by atoms with Crippen molar-refractivity contribution in [2.45, 2.75) is 13.0 Å². The summed E-state index contributed by atoms with van der Waals surface area (Å²) in [5.41, 5.74) is 7.93. The van der Waals surface area contributed by atoms with E-state index in [0.717, 1.165) is 62.8 Å². The van der Waals surface area contributed by atoms with Crippen molar-refractivity contribution in [1.82, 2.24) is 4.90 Å². The van der Waals surface area contributed by atoms with Crippen molar-refractivity contribution >= 4 is 5.69 Å². The van der Waals surface area contributed by atoms with E-state index < -0.39 is 0 Å². The van der Waals surface area contributed by atoms with Crippen molar-refractivity contribution in [3.63, 3.8) is 0 Å². The van der Waals surface area contributed by atoms with Crippen LogP contribution in [-0.4, -0.2) is 51.3 Å². The van der Waals surface area contributed by atoms with Crippen molar-refractivity contribution in [2.24, 2.45) is 5.73 Å². The van der Waals surface area contributed by atoms with Crippen LogP contribution in [0.5, 0.6) is 11.5 Å². The lowest BCUT2D eigenvalue weighted by atomic mass is 10.2. The number of hydrogen-bond acceptors (Lipinski definition) is 5. The molecule has 2 N–H and O–H groups in total. The third-order valence-corrected chi connectivity index (χ3v) is 4.81. The van der Waals surface area contributed by atoms with Crippen LogP contribution in [0.3, 0.4) is 0 Å². The maximum absolute atomic E-state index is 6.13. The summed E-state index contributed by atoms with van der Waals surface area (Å²) in [5.74, 6) is 1.81. The fourth-order valence-corrected chi connectivity index (χ4v) is 3.25. The van der Waals surface area contributed by atoms with E-state index in [2.05, 4.69) is 28.0 Å². The van der Waals surface area contributed by atoms with Gasteiger partial charge in [-0.1, -0.05) is 24.3 Å². The highest BCUT2D eigenvalue weighted by Gasteiger charge is 2.19. The monoisotopic (exact) mass is 355 g/mol. The van der Waals surface area contributed by atoms with E-state index in [1.807, 2.05) is 30.3 Å². The highest BCUT2D eigenvalue weighted by atomic mass is 16.5. The minimum atomic E-state index is 0.553. The molecule has 0 amide bonds. The van der Waals surface area contributed by atoms with Gasteiger partial charge in [0.1, 0.15) is 18.1 Å². The summed E-state index contributed by atoms with van der Waals surface area (Å²) in [4.78, 5) is 4.91. The number of nitrogens with two attached hydrogens (primary N) is 1. The molecule has 1 saturated heterocycles. The van der Waals surface area contributed by atoms with E-state index in [0.29, 0.717) is 6.61 Å². The first kappa shape index (κ1) is 18.5. The van der Waals surface area contributed by atoms with Crippen LogP contribution in [0, 0.1) is 0 Å². The molecule has 0 atom stereocenters. The van der Waals surface area contributed by atoms with Gasteiger partial charge in [-0.15, -0.1) is 0 Å². The second-order valence-electron chi connectivity index (χ2n) is 6.58. The molecule has 1 aliphatic heterocycles. The van der Waals surface area contributed by atoms with Crippen LogP contribution >= 0.6 is 0 Å². The maximum atomic E-state index is 6.13. The van der Waals surface area contributed by atoms with Gasteiger partial charge in [-0.05, 0) is 49.3 Å². The molecule has 1 aliphatic rings. The number of para-hydroxylation sites is 2. The number of methoxy groups -OCH3 is 1. The molecule has 5 nitrogen and oxygen atoms in total. The zero-order valence-corrected chi connectivity index (χ0v) is 15.6. The molecule has 2 aromatic rings. The summed E-state index contributed by atoms with van der Waals surface area (Å²) in [6.07, 6.45) is 1.07. The van der Waals surface area contributed by atoms with Gasteiger partial charge in [0.05, 0.1) is 12.8 Å². The van der Waals surface area contributed by atoms with E-state index in [-0.39, 0.29) is 0 Å². The lowest BCUT2D eigenvalue weighted by Gasteiger charge is -2.36. The van der Waals surface area contributed by atoms with Crippen LogP contribution in [0.4, 0.5) is 5.69 Å². The van der Waals surface area contributed by atoms with Crippen molar-refractivity contribution in [1.29, 1.82) is 0 Å². The first-order valence-electron chi connectivity index (χ1n) is 9.32. The Morgan fingerprint density at radius 3 is 2.38 bits per heavy atom. The van der Waals surface area contributed by atoms with Crippen LogP contribution in [0.2, 0.25) is 0 Å². The van der Waals surface area contributed by atoms with E-state index in [1.54, 1.807) is 7.11 Å². The zero-order chi connectivity index (χ0) is 18.2. The Labute approximate surface area is 156 Å². The normalized spacial score (nSPS) is 15.1. The van der Waals surface area contributed by atoms with Gasteiger partial charge >= 0.3 is 0 Å². The summed E-state index contributed by atoms with van der Waals surface area (Å²) in [6, 6.07) is 16.3. The minimum Gasteiger partial charge on any atom is -0.497 e. The lowest BCUT2D eigenvalue weighted by molar-refractivity contribution is 0.254. The molecule has 0 aliphatic carbocycles. The third kappa shape index (κ3) is 4.90. The number of rotatable bonds is 8. The molecule has 2 aromatic carbocycles. The Morgan fingerprint density at radius 2 is 1.69 bits per heavy atom. The number of ether oxygens (including phenoxy) is 2. The fraction of sp³-hybridized carbons (Fsp3) is 0.429. The quantitative estimate of drug-likeness (QED) is 0.789. The minimum absolute atomic E-state index is 0.553. The first-order valence-corrected chi connectivity index (χ1v) is 9.32. The number of anilines is 1. The molecule has 0 radical (unpaired) electrons. The average molecular weight is 355 g/mol. The van der Waals surface area contributed by atoms with Gasteiger partial charge in [-0.3, -0.25) is 4.90 Å². The maximum Gasteiger partial charge on any atom is 0.143 e. The first-order chi connectivity index (χ1) is 12.8. The third-order valence-electron chi connectivity index (χ3n) is 4.81. The van der Waals surface area contributed by atoms with Crippen molar-refractivity contribution < 1.29 is 9.47 Å². The molecule has 140 valence electrons. The number of nitrogens with zero attached hydrogens (tertiary/aromatic N) is 2. The standard InChI is InChI=1S/C21H29N3O2/c1-25-19-9-7-18(8-10-19)17-26-21-6-3-2-5-20(21)24-15-13-23(14-16-24)12-4-11-22/h2-3,5-10H,4,11-17,22H2,1H3. The molecule has 3 rings (SSSR count). The molecule has 0 bridgehead atoms. The lowest BCUT2D eigenvalue weighted by Crippen LogP contribution is -2.47. The summed E-state index contributed by atoms with van der Waals surface area (Å²) in [6.45, 7) is 6.61. The highest BCUT2D eigenvalue weighted by molar-refractivity contribution is 5.58. The van der Waals surface area contributed by atoms with Gasteiger partial charge in [-0.25, -0.2) is 0 Å². The summed E-state index contributed by atoms with van der Waals surface area (Å²) >= 11 is 0. The summed E-state index contributed by atoms with van der Waals surface area (Å²) < 4.78 is 11.3. The predicted molar refractivity (Wildman–Crippen MR) is 106 cm³/mol. The second kappa shape index (κ2) is 9.46.